The van der Waals surface area contributed by atoms with Crippen LogP contribution < -0.4 is 5.32 Å². The van der Waals surface area contributed by atoms with Crippen LogP contribution in [0, 0.1) is 0 Å². The summed E-state index contributed by atoms with van der Waals surface area (Å²) in [5, 5.41) is 12.7. The molecule has 4 rings (SSSR count). The fourth-order valence-corrected chi connectivity index (χ4v) is 4.59. The standard InChI is InChI=1S/C19H24N4OS2/c24-17(20-11-4-12-25-16-5-2-1-3-6-16)13-26-19-22-21-18(14-7-8-14)23(19)15-9-10-15/h1-3,5-6,14-15H,4,7-13H2,(H,20,24). The van der Waals surface area contributed by atoms with Crippen molar-refractivity contribution >= 4 is 29.4 Å². The molecule has 7 heteroatoms. The van der Waals surface area contributed by atoms with Crippen molar-refractivity contribution in [1.82, 2.24) is 20.1 Å². The lowest BCUT2D eigenvalue weighted by Crippen LogP contribution is -2.26. The third kappa shape index (κ3) is 4.82. The molecule has 2 fully saturated rings. The van der Waals surface area contributed by atoms with E-state index in [-0.39, 0.29) is 5.91 Å². The van der Waals surface area contributed by atoms with Gasteiger partial charge in [0.25, 0.3) is 0 Å². The molecule has 0 radical (unpaired) electrons. The summed E-state index contributed by atoms with van der Waals surface area (Å²) in [6.07, 6.45) is 5.88. The van der Waals surface area contributed by atoms with Gasteiger partial charge in [-0.3, -0.25) is 4.79 Å². The first kappa shape index (κ1) is 17.9. The van der Waals surface area contributed by atoms with Gasteiger partial charge in [0.1, 0.15) is 5.82 Å². The maximum Gasteiger partial charge on any atom is 0.230 e. The van der Waals surface area contributed by atoms with Gasteiger partial charge in [-0.1, -0.05) is 30.0 Å². The van der Waals surface area contributed by atoms with Crippen LogP contribution >= 0.6 is 23.5 Å². The fraction of sp³-hybridized carbons (Fsp3) is 0.526. The molecule has 2 aliphatic carbocycles. The normalized spacial score (nSPS) is 16.6. The molecule has 1 amide bonds. The van der Waals surface area contributed by atoms with Crippen molar-refractivity contribution in [3.63, 3.8) is 0 Å². The zero-order valence-corrected chi connectivity index (χ0v) is 16.4. The third-order valence-corrected chi connectivity index (χ3v) is 6.57. The summed E-state index contributed by atoms with van der Waals surface area (Å²) in [4.78, 5) is 13.4. The molecule has 0 unspecified atom stereocenters. The Morgan fingerprint density at radius 1 is 1.12 bits per heavy atom. The minimum absolute atomic E-state index is 0.0815. The molecule has 2 aromatic rings. The number of nitrogens with one attached hydrogen (secondary N) is 1. The highest BCUT2D eigenvalue weighted by atomic mass is 32.2. The molecule has 1 aromatic heterocycles. The Morgan fingerprint density at radius 2 is 1.92 bits per heavy atom. The summed E-state index contributed by atoms with van der Waals surface area (Å²) in [5.41, 5.74) is 0. The minimum atomic E-state index is 0.0815. The maximum absolute atomic E-state index is 12.1. The molecular weight excluding hydrogens is 364 g/mol. The van der Waals surface area contributed by atoms with Crippen molar-refractivity contribution in [3.05, 3.63) is 36.2 Å². The van der Waals surface area contributed by atoms with Gasteiger partial charge in [0.15, 0.2) is 5.16 Å². The van der Waals surface area contributed by atoms with E-state index >= 15 is 0 Å². The summed E-state index contributed by atoms with van der Waals surface area (Å²) in [5.74, 6) is 3.26. The van der Waals surface area contributed by atoms with Gasteiger partial charge in [-0.25, -0.2) is 0 Å². The van der Waals surface area contributed by atoms with Crippen LogP contribution in [0.2, 0.25) is 0 Å². The van der Waals surface area contributed by atoms with Crippen LogP contribution in [0.4, 0.5) is 0 Å². The Kier molecular flexibility index (Phi) is 5.84. The Morgan fingerprint density at radius 3 is 2.65 bits per heavy atom. The van der Waals surface area contributed by atoms with E-state index < -0.39 is 0 Å². The Labute approximate surface area is 162 Å². The van der Waals surface area contributed by atoms with Crippen molar-refractivity contribution < 1.29 is 4.79 Å². The van der Waals surface area contributed by atoms with Gasteiger partial charge in [-0.2, -0.15) is 0 Å². The molecule has 0 spiro atoms. The lowest BCUT2D eigenvalue weighted by atomic mass is 10.4. The number of nitrogens with zero attached hydrogens (tertiary/aromatic N) is 3. The van der Waals surface area contributed by atoms with Crippen molar-refractivity contribution in [2.45, 2.75) is 54.1 Å². The highest BCUT2D eigenvalue weighted by Crippen LogP contribution is 2.45. The lowest BCUT2D eigenvalue weighted by molar-refractivity contribution is -0.118. The van der Waals surface area contributed by atoms with Crippen LogP contribution in [-0.4, -0.2) is 38.7 Å². The molecule has 0 atom stereocenters. The van der Waals surface area contributed by atoms with Crippen LogP contribution in [0.25, 0.3) is 0 Å². The zero-order valence-electron chi connectivity index (χ0n) is 14.8. The first-order chi connectivity index (χ1) is 12.8. The van der Waals surface area contributed by atoms with Crippen LogP contribution in [-0.2, 0) is 4.79 Å². The maximum atomic E-state index is 12.1. The van der Waals surface area contributed by atoms with E-state index in [0.29, 0.717) is 17.7 Å². The molecule has 0 bridgehead atoms. The number of rotatable bonds is 10. The van der Waals surface area contributed by atoms with E-state index in [9.17, 15) is 4.79 Å². The topological polar surface area (TPSA) is 59.8 Å². The highest BCUT2D eigenvalue weighted by Gasteiger charge is 2.36. The van der Waals surface area contributed by atoms with E-state index in [0.717, 1.165) is 29.7 Å². The monoisotopic (exact) mass is 388 g/mol. The van der Waals surface area contributed by atoms with Gasteiger partial charge in [-0.05, 0) is 50.0 Å². The second-order valence-corrected chi connectivity index (χ2v) is 8.98. The number of thioether (sulfide) groups is 2. The average Bonchev–Trinajstić information content (AvgIpc) is 3.59. The molecule has 2 aliphatic rings. The van der Waals surface area contributed by atoms with Crippen molar-refractivity contribution in [2.75, 3.05) is 18.1 Å². The fourth-order valence-electron chi connectivity index (χ4n) is 2.87. The second-order valence-electron chi connectivity index (χ2n) is 6.87. The van der Waals surface area contributed by atoms with E-state index in [4.69, 9.17) is 0 Å². The number of aromatic nitrogens is 3. The van der Waals surface area contributed by atoms with Gasteiger partial charge in [0, 0.05) is 23.4 Å². The summed E-state index contributed by atoms with van der Waals surface area (Å²) < 4.78 is 2.30. The number of carbonyl (C=O) groups excluding carboxylic acids is 1. The van der Waals surface area contributed by atoms with E-state index in [1.165, 1.54) is 42.3 Å². The molecule has 1 heterocycles. The number of benzene rings is 1. The van der Waals surface area contributed by atoms with E-state index in [1.54, 1.807) is 0 Å². The smallest absolute Gasteiger partial charge is 0.230 e. The number of carbonyl (C=O) groups is 1. The number of amides is 1. The van der Waals surface area contributed by atoms with Crippen LogP contribution in [0.5, 0.6) is 0 Å². The second kappa shape index (κ2) is 8.48. The number of hydrogen-bond donors (Lipinski definition) is 1. The summed E-state index contributed by atoms with van der Waals surface area (Å²) >= 11 is 3.35. The van der Waals surface area contributed by atoms with E-state index in [2.05, 4.69) is 44.3 Å². The lowest BCUT2D eigenvalue weighted by Gasteiger charge is -2.08. The first-order valence-electron chi connectivity index (χ1n) is 9.33. The Balaban J connectivity index is 1.16. The average molecular weight is 389 g/mol. The molecule has 0 saturated heterocycles. The van der Waals surface area contributed by atoms with Gasteiger partial charge in [-0.15, -0.1) is 22.0 Å². The zero-order chi connectivity index (χ0) is 17.8. The molecular formula is C19H24N4OS2. The molecule has 1 N–H and O–H groups in total. The predicted octanol–water partition coefficient (Wildman–Crippen LogP) is 3.88. The highest BCUT2D eigenvalue weighted by molar-refractivity contribution is 7.99. The minimum Gasteiger partial charge on any atom is -0.355 e. The molecule has 26 heavy (non-hydrogen) atoms. The van der Waals surface area contributed by atoms with Gasteiger partial charge in [0.05, 0.1) is 5.75 Å². The summed E-state index contributed by atoms with van der Waals surface area (Å²) in [6, 6.07) is 10.9. The quantitative estimate of drug-likeness (QED) is 0.494. The van der Waals surface area contributed by atoms with Gasteiger partial charge < -0.3 is 9.88 Å². The Bertz CT molecular complexity index is 741. The van der Waals surface area contributed by atoms with Gasteiger partial charge in [0.2, 0.25) is 5.91 Å². The molecule has 5 nitrogen and oxygen atoms in total. The summed E-state index contributed by atoms with van der Waals surface area (Å²) in [6.45, 7) is 0.724. The van der Waals surface area contributed by atoms with Crippen molar-refractivity contribution in [1.29, 1.82) is 0 Å². The molecule has 0 aliphatic heterocycles. The Hall–Kier alpha value is -1.47. The third-order valence-electron chi connectivity index (χ3n) is 4.53. The molecule has 1 aromatic carbocycles. The predicted molar refractivity (Wildman–Crippen MR) is 106 cm³/mol. The molecule has 138 valence electrons. The van der Waals surface area contributed by atoms with Crippen molar-refractivity contribution in [3.8, 4) is 0 Å². The van der Waals surface area contributed by atoms with Crippen molar-refractivity contribution in [2.24, 2.45) is 0 Å². The number of hydrogen-bond acceptors (Lipinski definition) is 5. The molecule has 2 saturated carbocycles. The summed E-state index contributed by atoms with van der Waals surface area (Å²) in [7, 11) is 0. The van der Waals surface area contributed by atoms with Crippen LogP contribution in [0.15, 0.2) is 40.4 Å². The van der Waals surface area contributed by atoms with Crippen LogP contribution in [0.1, 0.15) is 49.9 Å². The van der Waals surface area contributed by atoms with E-state index in [1.807, 2.05) is 17.8 Å². The van der Waals surface area contributed by atoms with Crippen LogP contribution in [0.3, 0.4) is 0 Å². The largest absolute Gasteiger partial charge is 0.355 e. The first-order valence-corrected chi connectivity index (χ1v) is 11.3. The van der Waals surface area contributed by atoms with Gasteiger partial charge >= 0.3 is 0 Å². The SMILES string of the molecule is O=C(CSc1nnc(C2CC2)n1C1CC1)NCCCSc1ccccc1.